The van der Waals surface area contributed by atoms with Crippen molar-refractivity contribution in [1.29, 1.82) is 0 Å². The molecule has 15 heavy (non-hydrogen) atoms. The van der Waals surface area contributed by atoms with Gasteiger partial charge in [0, 0.05) is 6.20 Å². The molecule has 0 amide bonds. The van der Waals surface area contributed by atoms with E-state index in [2.05, 4.69) is 4.98 Å². The first-order chi connectivity index (χ1) is 7.16. The maximum absolute atomic E-state index is 11.6. The highest BCUT2D eigenvalue weighted by Crippen LogP contribution is 2.29. The van der Waals surface area contributed by atoms with Crippen molar-refractivity contribution in [3.05, 3.63) is 28.0 Å². The highest BCUT2D eigenvalue weighted by atomic mass is 35.5. The van der Waals surface area contributed by atoms with Gasteiger partial charge in [0.2, 0.25) is 0 Å². The summed E-state index contributed by atoms with van der Waals surface area (Å²) in [4.78, 5) is 15.3. The number of hydrogen-bond donors (Lipinski definition) is 0. The number of rotatable bonds is 3. The molecule has 1 aromatic rings. The van der Waals surface area contributed by atoms with Gasteiger partial charge in [-0.3, -0.25) is 0 Å². The van der Waals surface area contributed by atoms with Gasteiger partial charge in [0.1, 0.15) is 5.15 Å². The first-order valence-corrected chi connectivity index (χ1v) is 5.40. The lowest BCUT2D eigenvalue weighted by atomic mass is 10.3. The van der Waals surface area contributed by atoms with Crippen LogP contribution in [0.5, 0.6) is 0 Å². The fourth-order valence-electron chi connectivity index (χ4n) is 1.13. The number of aromatic nitrogens is 1. The van der Waals surface area contributed by atoms with Gasteiger partial charge < -0.3 is 4.74 Å². The summed E-state index contributed by atoms with van der Waals surface area (Å²) in [6, 6.07) is 1.42. The molecule has 0 saturated heterocycles. The highest BCUT2D eigenvalue weighted by Gasteiger charge is 2.24. The summed E-state index contributed by atoms with van der Waals surface area (Å²) in [7, 11) is 0. The second-order valence-electron chi connectivity index (χ2n) is 3.53. The number of hydrogen-bond acceptors (Lipinski definition) is 3. The Balaban J connectivity index is 2.05. The Bertz CT molecular complexity index is 391. The van der Waals surface area contributed by atoms with Crippen molar-refractivity contribution in [2.75, 3.05) is 6.61 Å². The van der Waals surface area contributed by atoms with Crippen LogP contribution in [-0.2, 0) is 4.74 Å². The SMILES string of the molecule is O=C(OCC1CC1)c1cc(Cl)ncc1Cl. The number of nitrogens with zero attached hydrogens (tertiary/aromatic N) is 1. The van der Waals surface area contributed by atoms with Gasteiger partial charge in [0.25, 0.3) is 0 Å². The highest BCUT2D eigenvalue weighted by molar-refractivity contribution is 6.34. The van der Waals surface area contributed by atoms with E-state index in [-0.39, 0.29) is 15.7 Å². The summed E-state index contributed by atoms with van der Waals surface area (Å²) < 4.78 is 5.08. The average molecular weight is 246 g/mol. The first-order valence-electron chi connectivity index (χ1n) is 4.65. The molecule has 1 aliphatic carbocycles. The topological polar surface area (TPSA) is 39.2 Å². The average Bonchev–Trinajstić information content (AvgIpc) is 3.02. The van der Waals surface area contributed by atoms with Crippen molar-refractivity contribution in [3.63, 3.8) is 0 Å². The van der Waals surface area contributed by atoms with Crippen LogP contribution in [0.15, 0.2) is 12.3 Å². The van der Waals surface area contributed by atoms with Crippen LogP contribution in [0.1, 0.15) is 23.2 Å². The van der Waals surface area contributed by atoms with Gasteiger partial charge in [-0.25, -0.2) is 9.78 Å². The molecular weight excluding hydrogens is 237 g/mol. The van der Waals surface area contributed by atoms with E-state index in [0.717, 1.165) is 12.8 Å². The maximum Gasteiger partial charge on any atom is 0.339 e. The lowest BCUT2D eigenvalue weighted by Gasteiger charge is -2.05. The van der Waals surface area contributed by atoms with Gasteiger partial charge in [-0.05, 0) is 24.8 Å². The fourth-order valence-corrected chi connectivity index (χ4v) is 1.46. The van der Waals surface area contributed by atoms with Gasteiger partial charge >= 0.3 is 5.97 Å². The van der Waals surface area contributed by atoms with E-state index in [4.69, 9.17) is 27.9 Å². The second kappa shape index (κ2) is 4.37. The third-order valence-corrected chi connectivity index (χ3v) is 2.70. The van der Waals surface area contributed by atoms with Crippen LogP contribution < -0.4 is 0 Å². The molecule has 0 N–H and O–H groups in total. The van der Waals surface area contributed by atoms with Gasteiger partial charge in [-0.2, -0.15) is 0 Å². The van der Waals surface area contributed by atoms with Crippen LogP contribution in [0.4, 0.5) is 0 Å². The number of halogens is 2. The van der Waals surface area contributed by atoms with E-state index >= 15 is 0 Å². The van der Waals surface area contributed by atoms with E-state index < -0.39 is 5.97 Å². The largest absolute Gasteiger partial charge is 0.462 e. The molecule has 2 rings (SSSR count). The summed E-state index contributed by atoms with van der Waals surface area (Å²) in [5, 5.41) is 0.498. The summed E-state index contributed by atoms with van der Waals surface area (Å²) in [5.41, 5.74) is 0.275. The van der Waals surface area contributed by atoms with Crippen LogP contribution in [0.2, 0.25) is 10.2 Å². The molecular formula is C10H9Cl2NO2. The Morgan fingerprint density at radius 2 is 2.27 bits per heavy atom. The normalized spacial score (nSPS) is 15.1. The zero-order valence-electron chi connectivity index (χ0n) is 7.87. The Labute approximate surface area is 97.4 Å². The van der Waals surface area contributed by atoms with Gasteiger partial charge in [0.15, 0.2) is 0 Å². The van der Waals surface area contributed by atoms with Crippen molar-refractivity contribution in [2.45, 2.75) is 12.8 Å². The molecule has 1 saturated carbocycles. The fraction of sp³-hybridized carbons (Fsp3) is 0.400. The molecule has 1 aromatic heterocycles. The monoisotopic (exact) mass is 245 g/mol. The molecule has 1 fully saturated rings. The molecule has 0 spiro atoms. The lowest BCUT2D eigenvalue weighted by molar-refractivity contribution is 0.0486. The quantitative estimate of drug-likeness (QED) is 0.608. The Hall–Kier alpha value is -0.800. The zero-order valence-corrected chi connectivity index (χ0v) is 9.38. The molecule has 5 heteroatoms. The van der Waals surface area contributed by atoms with Crippen molar-refractivity contribution >= 4 is 29.2 Å². The molecule has 0 aromatic carbocycles. The molecule has 3 nitrogen and oxygen atoms in total. The number of carbonyl (C=O) groups excluding carboxylic acids is 1. The van der Waals surface area contributed by atoms with Crippen LogP contribution in [0, 0.1) is 5.92 Å². The molecule has 0 aliphatic heterocycles. The van der Waals surface area contributed by atoms with Crippen LogP contribution in [-0.4, -0.2) is 17.6 Å². The third kappa shape index (κ3) is 2.83. The Morgan fingerprint density at radius 3 is 2.93 bits per heavy atom. The summed E-state index contributed by atoms with van der Waals surface area (Å²) in [5.74, 6) is 0.0984. The predicted octanol–water partition coefficient (Wildman–Crippen LogP) is 2.96. The minimum absolute atomic E-state index is 0.234. The van der Waals surface area contributed by atoms with Crippen molar-refractivity contribution < 1.29 is 9.53 Å². The predicted molar refractivity (Wildman–Crippen MR) is 57.3 cm³/mol. The smallest absolute Gasteiger partial charge is 0.339 e. The molecule has 0 bridgehead atoms. The molecule has 1 aliphatic rings. The summed E-state index contributed by atoms with van der Waals surface area (Å²) in [6.07, 6.45) is 3.62. The van der Waals surface area contributed by atoms with Crippen molar-refractivity contribution in [3.8, 4) is 0 Å². The standard InChI is InChI=1S/C10H9Cl2NO2/c11-8-4-13-9(12)3-7(8)10(14)15-5-6-1-2-6/h3-4,6H,1-2,5H2. The zero-order chi connectivity index (χ0) is 10.8. The van der Waals surface area contributed by atoms with Crippen LogP contribution in [0.25, 0.3) is 0 Å². The summed E-state index contributed by atoms with van der Waals surface area (Å²) in [6.45, 7) is 0.467. The number of pyridine rings is 1. The second-order valence-corrected chi connectivity index (χ2v) is 4.32. The van der Waals surface area contributed by atoms with Gasteiger partial charge in [0.05, 0.1) is 17.2 Å². The van der Waals surface area contributed by atoms with Crippen LogP contribution in [0.3, 0.4) is 0 Å². The molecule has 1 heterocycles. The van der Waals surface area contributed by atoms with Crippen molar-refractivity contribution in [2.24, 2.45) is 5.92 Å². The van der Waals surface area contributed by atoms with E-state index in [1.807, 2.05) is 0 Å². The van der Waals surface area contributed by atoms with E-state index in [1.165, 1.54) is 12.3 Å². The minimum Gasteiger partial charge on any atom is -0.462 e. The first kappa shape index (κ1) is 10.7. The summed E-state index contributed by atoms with van der Waals surface area (Å²) >= 11 is 11.5. The molecule has 0 radical (unpaired) electrons. The minimum atomic E-state index is -0.434. The van der Waals surface area contributed by atoms with E-state index in [0.29, 0.717) is 12.5 Å². The number of ether oxygens (including phenoxy) is 1. The van der Waals surface area contributed by atoms with Crippen molar-refractivity contribution in [1.82, 2.24) is 4.98 Å². The molecule has 0 unspecified atom stereocenters. The van der Waals surface area contributed by atoms with E-state index in [1.54, 1.807) is 0 Å². The number of carbonyl (C=O) groups is 1. The molecule has 0 atom stereocenters. The van der Waals surface area contributed by atoms with Crippen LogP contribution >= 0.6 is 23.2 Å². The Morgan fingerprint density at radius 1 is 1.53 bits per heavy atom. The van der Waals surface area contributed by atoms with Gasteiger partial charge in [-0.1, -0.05) is 23.2 Å². The van der Waals surface area contributed by atoms with E-state index in [9.17, 15) is 4.79 Å². The Kier molecular flexibility index (Phi) is 3.12. The lowest BCUT2D eigenvalue weighted by Crippen LogP contribution is -2.08. The number of esters is 1. The maximum atomic E-state index is 11.6. The van der Waals surface area contributed by atoms with Gasteiger partial charge in [-0.15, -0.1) is 0 Å². The third-order valence-electron chi connectivity index (χ3n) is 2.19. The molecule has 80 valence electrons.